The number of ether oxygens (including phenoxy) is 1. The summed E-state index contributed by atoms with van der Waals surface area (Å²) in [5, 5.41) is 16.8. The predicted octanol–water partition coefficient (Wildman–Crippen LogP) is -1.88. The Labute approximate surface area is 63.6 Å². The van der Waals surface area contributed by atoms with Gasteiger partial charge in [-0.1, -0.05) is 0 Å². The van der Waals surface area contributed by atoms with Crippen molar-refractivity contribution in [1.29, 1.82) is 0 Å². The van der Waals surface area contributed by atoms with Crippen molar-refractivity contribution in [3.05, 3.63) is 0 Å². The minimum atomic E-state index is -1.03. The van der Waals surface area contributed by atoms with Crippen LogP contribution in [0.2, 0.25) is 0 Å². The minimum Gasteiger partial charge on any atom is -0.393 e. The van der Waals surface area contributed by atoms with Gasteiger partial charge in [-0.25, -0.2) is 0 Å². The van der Waals surface area contributed by atoms with E-state index in [2.05, 4.69) is 4.74 Å². The van der Waals surface area contributed by atoms with Crippen molar-refractivity contribution < 1.29 is 24.5 Å². The van der Waals surface area contributed by atoms with E-state index in [4.69, 9.17) is 10.2 Å². The molecule has 0 unspecified atom stereocenters. The Morgan fingerprint density at radius 3 is 1.64 bits per heavy atom. The molecule has 0 saturated carbocycles. The van der Waals surface area contributed by atoms with Crippen molar-refractivity contribution in [3.63, 3.8) is 0 Å². The lowest BCUT2D eigenvalue weighted by Gasteiger charge is -2.12. The van der Waals surface area contributed by atoms with E-state index in [1.165, 1.54) is 0 Å². The number of carbonyl (C=O) groups is 2. The fourth-order valence-electron chi connectivity index (χ4n) is 0.461. The Bertz CT molecular complexity index is 110. The molecule has 5 nitrogen and oxygen atoms in total. The van der Waals surface area contributed by atoms with Gasteiger partial charge in [-0.15, -0.1) is 0 Å². The van der Waals surface area contributed by atoms with Crippen LogP contribution in [-0.4, -0.2) is 48.2 Å². The summed E-state index contributed by atoms with van der Waals surface area (Å²) in [6.45, 7) is -0.984. The zero-order valence-corrected chi connectivity index (χ0v) is 5.84. The Hall–Kier alpha value is -0.780. The van der Waals surface area contributed by atoms with E-state index >= 15 is 0 Å². The first-order valence-electron chi connectivity index (χ1n) is 3.06. The molecule has 0 aromatic rings. The Balaban J connectivity index is 3.76. The molecule has 0 amide bonds. The highest BCUT2D eigenvalue weighted by molar-refractivity contribution is 5.59. The van der Waals surface area contributed by atoms with Crippen molar-refractivity contribution in [1.82, 2.24) is 0 Å². The molecule has 0 heterocycles. The van der Waals surface area contributed by atoms with Gasteiger partial charge in [-0.3, -0.25) is 0 Å². The van der Waals surface area contributed by atoms with E-state index in [1.54, 1.807) is 0 Å². The van der Waals surface area contributed by atoms with Gasteiger partial charge in [0.25, 0.3) is 0 Å². The highest BCUT2D eigenvalue weighted by Gasteiger charge is 2.13. The Kier molecular flexibility index (Phi) is 5.54. The topological polar surface area (TPSA) is 83.8 Å². The minimum absolute atomic E-state index is 0.367. The van der Waals surface area contributed by atoms with Crippen LogP contribution >= 0.6 is 0 Å². The lowest BCUT2D eigenvalue weighted by atomic mass is 10.3. The van der Waals surface area contributed by atoms with Gasteiger partial charge in [0.2, 0.25) is 0 Å². The lowest BCUT2D eigenvalue weighted by molar-refractivity contribution is -0.135. The number of carbonyl (C=O) groups excluding carboxylic acids is 2. The maximum absolute atomic E-state index is 10.0. The molecule has 0 aromatic heterocycles. The van der Waals surface area contributed by atoms with Crippen molar-refractivity contribution in [3.8, 4) is 0 Å². The van der Waals surface area contributed by atoms with Gasteiger partial charge in [0, 0.05) is 0 Å². The lowest BCUT2D eigenvalue weighted by Crippen LogP contribution is -2.29. The van der Waals surface area contributed by atoms with Crippen LogP contribution < -0.4 is 0 Å². The van der Waals surface area contributed by atoms with Crippen LogP contribution in [0, 0.1) is 0 Å². The van der Waals surface area contributed by atoms with Crippen molar-refractivity contribution >= 4 is 12.6 Å². The van der Waals surface area contributed by atoms with Crippen LogP contribution in [0.5, 0.6) is 0 Å². The average Bonchev–Trinajstić information content (AvgIpc) is 2.07. The van der Waals surface area contributed by atoms with E-state index in [9.17, 15) is 9.59 Å². The Morgan fingerprint density at radius 1 is 1.09 bits per heavy atom. The second-order valence-corrected chi connectivity index (χ2v) is 1.85. The molecule has 0 rings (SSSR count). The zero-order chi connectivity index (χ0) is 8.69. The molecule has 0 radical (unpaired) electrons. The van der Waals surface area contributed by atoms with Crippen molar-refractivity contribution in [2.75, 3.05) is 13.2 Å². The van der Waals surface area contributed by atoms with E-state index in [0.717, 1.165) is 0 Å². The summed E-state index contributed by atoms with van der Waals surface area (Å²) in [4.78, 5) is 20.0. The highest BCUT2D eigenvalue weighted by Crippen LogP contribution is 1.92. The fraction of sp³-hybridized carbons (Fsp3) is 0.667. The second kappa shape index (κ2) is 5.96. The summed E-state index contributed by atoms with van der Waals surface area (Å²) in [7, 11) is 0. The third-order valence-corrected chi connectivity index (χ3v) is 1.01. The molecule has 0 aliphatic carbocycles. The standard InChI is InChI=1S/C6H10O5/c7-1-5(2-8)11-6(3-9)4-10/h1,3,5-6,8,10H,2,4H2/t5-,6-/m0/s1. The summed E-state index contributed by atoms with van der Waals surface area (Å²) >= 11 is 0. The van der Waals surface area contributed by atoms with Crippen LogP contribution in [-0.2, 0) is 14.3 Å². The van der Waals surface area contributed by atoms with E-state index in [-0.39, 0.29) is 0 Å². The number of hydrogen-bond donors (Lipinski definition) is 2. The first-order chi connectivity index (χ1) is 5.28. The number of hydrogen-bond acceptors (Lipinski definition) is 5. The van der Waals surface area contributed by atoms with Gasteiger partial charge in [-0.2, -0.15) is 0 Å². The van der Waals surface area contributed by atoms with Crippen molar-refractivity contribution in [2.24, 2.45) is 0 Å². The summed E-state index contributed by atoms with van der Waals surface area (Å²) in [5.41, 5.74) is 0. The van der Waals surface area contributed by atoms with Crippen molar-refractivity contribution in [2.45, 2.75) is 12.2 Å². The molecule has 0 fully saturated rings. The fourth-order valence-corrected chi connectivity index (χ4v) is 0.461. The zero-order valence-electron chi connectivity index (χ0n) is 5.84. The summed E-state index contributed by atoms with van der Waals surface area (Å²) in [5.74, 6) is 0. The average molecular weight is 162 g/mol. The third kappa shape index (κ3) is 3.82. The van der Waals surface area contributed by atoms with Gasteiger partial charge in [0.1, 0.15) is 12.2 Å². The summed E-state index contributed by atoms with van der Waals surface area (Å²) < 4.78 is 4.61. The van der Waals surface area contributed by atoms with E-state index < -0.39 is 25.4 Å². The molecular weight excluding hydrogens is 152 g/mol. The summed E-state index contributed by atoms with van der Waals surface area (Å²) in [6.07, 6.45) is -1.33. The molecule has 64 valence electrons. The molecule has 0 aliphatic rings. The highest BCUT2D eigenvalue weighted by atomic mass is 16.5. The summed E-state index contributed by atoms with van der Waals surface area (Å²) in [6, 6.07) is 0. The smallest absolute Gasteiger partial charge is 0.151 e. The molecule has 2 N–H and O–H groups in total. The molecule has 0 aliphatic heterocycles. The molecule has 11 heavy (non-hydrogen) atoms. The molecule has 0 saturated heterocycles. The quantitative estimate of drug-likeness (QED) is 0.447. The first kappa shape index (κ1) is 10.2. The SMILES string of the molecule is O=C[C@@H](CO)O[C@@H](C=O)CO. The number of aliphatic hydroxyl groups excluding tert-OH is 2. The van der Waals surface area contributed by atoms with E-state index in [0.29, 0.717) is 12.6 Å². The molecule has 0 spiro atoms. The largest absolute Gasteiger partial charge is 0.393 e. The number of rotatable bonds is 6. The van der Waals surface area contributed by atoms with Gasteiger partial charge in [0.05, 0.1) is 13.2 Å². The first-order valence-corrected chi connectivity index (χ1v) is 3.06. The molecular formula is C6H10O5. The molecule has 5 heteroatoms. The second-order valence-electron chi connectivity index (χ2n) is 1.85. The van der Waals surface area contributed by atoms with Crippen LogP contribution in [0.4, 0.5) is 0 Å². The monoisotopic (exact) mass is 162 g/mol. The van der Waals surface area contributed by atoms with Crippen LogP contribution in [0.3, 0.4) is 0 Å². The van der Waals surface area contributed by atoms with E-state index in [1.807, 2.05) is 0 Å². The number of aldehydes is 2. The van der Waals surface area contributed by atoms with Gasteiger partial charge < -0.3 is 24.5 Å². The maximum Gasteiger partial charge on any atom is 0.151 e. The van der Waals surface area contributed by atoms with Crippen LogP contribution in [0.15, 0.2) is 0 Å². The third-order valence-electron chi connectivity index (χ3n) is 1.01. The van der Waals surface area contributed by atoms with Gasteiger partial charge >= 0.3 is 0 Å². The normalized spacial score (nSPS) is 15.5. The predicted molar refractivity (Wildman–Crippen MR) is 35.0 cm³/mol. The van der Waals surface area contributed by atoms with Gasteiger partial charge in [0.15, 0.2) is 12.6 Å². The Morgan fingerprint density at radius 2 is 1.45 bits per heavy atom. The molecule has 0 aromatic carbocycles. The molecule has 0 bridgehead atoms. The van der Waals surface area contributed by atoms with Gasteiger partial charge in [-0.05, 0) is 0 Å². The number of aliphatic hydroxyl groups is 2. The molecule has 2 atom stereocenters. The maximum atomic E-state index is 10.0. The van der Waals surface area contributed by atoms with Crippen LogP contribution in [0.1, 0.15) is 0 Å². The van der Waals surface area contributed by atoms with Crippen LogP contribution in [0.25, 0.3) is 0 Å².